The molecule has 0 amide bonds. The SMILES string of the molecule is CCCCCc1cn(C2CC(C)(C)OC3=C2C(=O)c2ccccc2C3=O)nn1. The van der Waals surface area contributed by atoms with Crippen LogP contribution in [0.2, 0.25) is 0 Å². The first kappa shape index (κ1) is 18.6. The number of ether oxygens (including phenoxy) is 1. The minimum Gasteiger partial charge on any atom is -0.483 e. The highest BCUT2D eigenvalue weighted by atomic mass is 16.5. The molecule has 6 heteroatoms. The molecule has 1 aliphatic carbocycles. The second kappa shape index (κ2) is 7.00. The van der Waals surface area contributed by atoms with Crippen LogP contribution < -0.4 is 0 Å². The van der Waals surface area contributed by atoms with Gasteiger partial charge in [-0.05, 0) is 26.7 Å². The first-order chi connectivity index (χ1) is 13.4. The largest absolute Gasteiger partial charge is 0.483 e. The van der Waals surface area contributed by atoms with E-state index >= 15 is 0 Å². The number of aromatic nitrogens is 3. The molecule has 4 rings (SSSR count). The maximum absolute atomic E-state index is 13.3. The Bertz CT molecular complexity index is 971. The average Bonchev–Trinajstić information content (AvgIpc) is 3.14. The highest BCUT2D eigenvalue weighted by Crippen LogP contribution is 2.43. The van der Waals surface area contributed by atoms with E-state index in [0.717, 1.165) is 31.4 Å². The zero-order valence-electron chi connectivity index (χ0n) is 16.6. The van der Waals surface area contributed by atoms with Crippen molar-refractivity contribution in [3.8, 4) is 0 Å². The standard InChI is InChI=1S/C22H25N3O3/c1-4-5-6-9-14-13-25(24-23-14)17-12-22(2,3)28-21-18(17)19(26)15-10-7-8-11-16(15)20(21)27/h7-8,10-11,13,17H,4-6,9,12H2,1-3H3. The number of carbonyl (C=O) groups is 2. The normalized spacial score (nSPS) is 20.6. The quantitative estimate of drug-likeness (QED) is 0.732. The smallest absolute Gasteiger partial charge is 0.228 e. The summed E-state index contributed by atoms with van der Waals surface area (Å²) in [5.41, 5.74) is 1.56. The van der Waals surface area contributed by atoms with Crippen molar-refractivity contribution in [1.82, 2.24) is 15.0 Å². The van der Waals surface area contributed by atoms with Crippen LogP contribution in [0.5, 0.6) is 0 Å². The van der Waals surface area contributed by atoms with Crippen LogP contribution in [0.25, 0.3) is 0 Å². The zero-order chi connectivity index (χ0) is 19.9. The summed E-state index contributed by atoms with van der Waals surface area (Å²) in [6.45, 7) is 6.03. The number of rotatable bonds is 5. The van der Waals surface area contributed by atoms with E-state index in [9.17, 15) is 9.59 Å². The second-order valence-electron chi connectivity index (χ2n) is 8.18. The molecule has 1 aromatic carbocycles. The number of hydrogen-bond donors (Lipinski definition) is 0. The third-order valence-electron chi connectivity index (χ3n) is 5.42. The number of fused-ring (bicyclic) bond motifs is 1. The topological polar surface area (TPSA) is 74.1 Å². The van der Waals surface area contributed by atoms with Crippen molar-refractivity contribution < 1.29 is 14.3 Å². The van der Waals surface area contributed by atoms with Gasteiger partial charge < -0.3 is 4.74 Å². The van der Waals surface area contributed by atoms with Crippen LogP contribution >= 0.6 is 0 Å². The summed E-state index contributed by atoms with van der Waals surface area (Å²) in [5.74, 6) is -0.229. The predicted octanol–water partition coefficient (Wildman–Crippen LogP) is 4.08. The first-order valence-corrected chi connectivity index (χ1v) is 9.93. The van der Waals surface area contributed by atoms with Gasteiger partial charge in [-0.1, -0.05) is 49.2 Å². The van der Waals surface area contributed by atoms with Crippen LogP contribution in [0, 0.1) is 0 Å². The lowest BCUT2D eigenvalue weighted by Gasteiger charge is -2.39. The Labute approximate surface area is 164 Å². The third kappa shape index (κ3) is 3.17. The predicted molar refractivity (Wildman–Crippen MR) is 104 cm³/mol. The fraction of sp³-hybridized carbons (Fsp3) is 0.455. The minimum atomic E-state index is -0.583. The Morgan fingerprint density at radius 2 is 1.86 bits per heavy atom. The van der Waals surface area contributed by atoms with Crippen molar-refractivity contribution in [2.24, 2.45) is 0 Å². The number of unbranched alkanes of at least 4 members (excludes halogenated alkanes) is 2. The molecule has 0 bridgehead atoms. The first-order valence-electron chi connectivity index (χ1n) is 9.93. The van der Waals surface area contributed by atoms with Crippen LogP contribution in [0.4, 0.5) is 0 Å². The van der Waals surface area contributed by atoms with Gasteiger partial charge in [0.2, 0.25) is 5.78 Å². The molecule has 0 spiro atoms. The average molecular weight is 379 g/mol. The van der Waals surface area contributed by atoms with Gasteiger partial charge in [0, 0.05) is 23.7 Å². The Balaban J connectivity index is 1.75. The Hall–Kier alpha value is -2.76. The molecule has 6 nitrogen and oxygen atoms in total. The fourth-order valence-electron chi connectivity index (χ4n) is 4.02. The molecule has 0 N–H and O–H groups in total. The summed E-state index contributed by atoms with van der Waals surface area (Å²) in [4.78, 5) is 26.3. The molecular formula is C22H25N3O3. The van der Waals surface area contributed by atoms with Crippen molar-refractivity contribution in [2.75, 3.05) is 0 Å². The second-order valence-corrected chi connectivity index (χ2v) is 8.18. The lowest BCUT2D eigenvalue weighted by molar-refractivity contribution is -0.00325. The van der Waals surface area contributed by atoms with Gasteiger partial charge in [0.05, 0.1) is 17.3 Å². The number of Topliss-reactive ketones (excluding diaryl/α,β-unsaturated/α-hetero) is 2. The highest BCUT2D eigenvalue weighted by Gasteiger charge is 2.46. The monoisotopic (exact) mass is 379 g/mol. The molecular weight excluding hydrogens is 354 g/mol. The molecule has 1 atom stereocenters. The number of benzene rings is 1. The highest BCUT2D eigenvalue weighted by molar-refractivity contribution is 6.26. The number of carbonyl (C=O) groups excluding carboxylic acids is 2. The molecule has 0 radical (unpaired) electrons. The van der Waals surface area contributed by atoms with Gasteiger partial charge in [0.25, 0.3) is 0 Å². The van der Waals surface area contributed by atoms with E-state index in [1.165, 1.54) is 0 Å². The van der Waals surface area contributed by atoms with E-state index in [1.54, 1.807) is 28.9 Å². The van der Waals surface area contributed by atoms with Gasteiger partial charge in [0.1, 0.15) is 5.60 Å². The molecule has 2 aromatic rings. The van der Waals surface area contributed by atoms with Crippen molar-refractivity contribution >= 4 is 11.6 Å². The minimum absolute atomic E-state index is 0.159. The molecule has 1 unspecified atom stereocenters. The summed E-state index contributed by atoms with van der Waals surface area (Å²) in [6.07, 6.45) is 6.68. The van der Waals surface area contributed by atoms with E-state index in [1.807, 2.05) is 20.0 Å². The van der Waals surface area contributed by atoms with Gasteiger partial charge >= 0.3 is 0 Å². The van der Waals surface area contributed by atoms with E-state index in [4.69, 9.17) is 4.74 Å². The Morgan fingerprint density at radius 3 is 2.57 bits per heavy atom. The van der Waals surface area contributed by atoms with Crippen molar-refractivity contribution in [1.29, 1.82) is 0 Å². The van der Waals surface area contributed by atoms with E-state index < -0.39 is 5.60 Å². The molecule has 1 aliphatic heterocycles. The molecule has 0 saturated heterocycles. The van der Waals surface area contributed by atoms with E-state index in [-0.39, 0.29) is 23.4 Å². The van der Waals surface area contributed by atoms with Gasteiger partial charge in [-0.15, -0.1) is 5.10 Å². The van der Waals surface area contributed by atoms with Crippen LogP contribution in [-0.2, 0) is 11.2 Å². The van der Waals surface area contributed by atoms with Gasteiger partial charge in [-0.3, -0.25) is 9.59 Å². The fourth-order valence-corrected chi connectivity index (χ4v) is 4.02. The summed E-state index contributed by atoms with van der Waals surface area (Å²) in [7, 11) is 0. The van der Waals surface area contributed by atoms with Gasteiger partial charge in [-0.25, -0.2) is 4.68 Å². The molecule has 1 aromatic heterocycles. The molecule has 0 fully saturated rings. The zero-order valence-corrected chi connectivity index (χ0v) is 16.6. The van der Waals surface area contributed by atoms with E-state index in [0.29, 0.717) is 23.1 Å². The van der Waals surface area contributed by atoms with Crippen LogP contribution in [0.3, 0.4) is 0 Å². The Morgan fingerprint density at radius 1 is 1.14 bits per heavy atom. The molecule has 28 heavy (non-hydrogen) atoms. The molecule has 2 aliphatic rings. The van der Waals surface area contributed by atoms with E-state index in [2.05, 4.69) is 17.2 Å². The maximum Gasteiger partial charge on any atom is 0.228 e. The number of hydrogen-bond acceptors (Lipinski definition) is 5. The van der Waals surface area contributed by atoms with Crippen LogP contribution in [-0.4, -0.2) is 32.2 Å². The van der Waals surface area contributed by atoms with Gasteiger partial charge in [-0.2, -0.15) is 0 Å². The van der Waals surface area contributed by atoms with Crippen molar-refractivity contribution in [3.05, 3.63) is 58.6 Å². The lowest BCUT2D eigenvalue weighted by Crippen LogP contribution is -2.41. The molecule has 2 heterocycles. The summed E-state index contributed by atoms with van der Waals surface area (Å²) < 4.78 is 7.74. The number of aryl methyl sites for hydroxylation is 1. The molecule has 0 saturated carbocycles. The number of ketones is 2. The maximum atomic E-state index is 13.3. The Kier molecular flexibility index (Phi) is 4.65. The molecule has 146 valence electrons. The third-order valence-corrected chi connectivity index (χ3v) is 5.42. The summed E-state index contributed by atoms with van der Waals surface area (Å²) in [6, 6.07) is 6.56. The summed E-state index contributed by atoms with van der Waals surface area (Å²) in [5, 5.41) is 8.59. The lowest BCUT2D eigenvalue weighted by atomic mass is 9.79. The van der Waals surface area contributed by atoms with Crippen molar-refractivity contribution in [2.45, 2.75) is 64.5 Å². The number of nitrogens with zero attached hydrogens (tertiary/aromatic N) is 3. The van der Waals surface area contributed by atoms with Crippen molar-refractivity contribution in [3.63, 3.8) is 0 Å². The van der Waals surface area contributed by atoms with Gasteiger partial charge in [0.15, 0.2) is 11.5 Å². The van der Waals surface area contributed by atoms with Crippen LogP contribution in [0.15, 0.2) is 41.8 Å². The number of allylic oxidation sites excluding steroid dienone is 2. The summed E-state index contributed by atoms with van der Waals surface area (Å²) >= 11 is 0. The van der Waals surface area contributed by atoms with Crippen LogP contribution in [0.1, 0.15) is 78.9 Å².